The van der Waals surface area contributed by atoms with E-state index in [4.69, 9.17) is 0 Å². The smallest absolute Gasteiger partial charge is 0.230 e. The number of carbonyl (C=O) groups is 1. The molecule has 1 amide bonds. The third kappa shape index (κ3) is 5.13. The van der Waals surface area contributed by atoms with Crippen molar-refractivity contribution in [3.63, 3.8) is 0 Å². The van der Waals surface area contributed by atoms with E-state index in [0.29, 0.717) is 5.82 Å². The molecule has 22 heavy (non-hydrogen) atoms. The number of nitrogens with zero attached hydrogens (tertiary/aromatic N) is 2. The molecule has 0 spiro atoms. The van der Waals surface area contributed by atoms with E-state index in [2.05, 4.69) is 26.9 Å². The first kappa shape index (κ1) is 16.5. The fourth-order valence-corrected chi connectivity index (χ4v) is 2.28. The van der Waals surface area contributed by atoms with Crippen molar-refractivity contribution >= 4 is 17.5 Å². The van der Waals surface area contributed by atoms with Gasteiger partial charge in [-0.05, 0) is 44.2 Å². The van der Waals surface area contributed by atoms with Crippen LogP contribution in [0.4, 0.5) is 11.6 Å². The average molecular weight is 302 g/mol. The Morgan fingerprint density at radius 1 is 1.18 bits per heavy atom. The molecule has 5 nitrogen and oxygen atoms in total. The monoisotopic (exact) mass is 302 g/mol. The molecule has 1 aromatic rings. The SMILES string of the molecule is CC(C)(C)C(=O)Nc1ccc(NCCC2=CCCCC2)nn1. The Morgan fingerprint density at radius 3 is 2.50 bits per heavy atom. The number of anilines is 2. The Balaban J connectivity index is 1.79. The number of carbonyl (C=O) groups excluding carboxylic acids is 1. The molecule has 0 saturated heterocycles. The van der Waals surface area contributed by atoms with Crippen LogP contribution in [0.3, 0.4) is 0 Å². The molecule has 0 unspecified atom stereocenters. The number of hydrogen-bond acceptors (Lipinski definition) is 4. The average Bonchev–Trinajstić information content (AvgIpc) is 2.49. The molecule has 0 saturated carbocycles. The molecule has 1 aliphatic rings. The number of hydrogen-bond donors (Lipinski definition) is 2. The molecule has 0 atom stereocenters. The summed E-state index contributed by atoms with van der Waals surface area (Å²) < 4.78 is 0. The third-order valence-corrected chi connectivity index (χ3v) is 3.72. The van der Waals surface area contributed by atoms with Crippen molar-refractivity contribution in [3.05, 3.63) is 23.8 Å². The van der Waals surface area contributed by atoms with Gasteiger partial charge in [0, 0.05) is 12.0 Å². The molecule has 0 aliphatic heterocycles. The number of amides is 1. The fraction of sp³-hybridized carbons (Fsp3) is 0.588. The molecule has 0 bridgehead atoms. The maximum atomic E-state index is 11.9. The van der Waals surface area contributed by atoms with Crippen molar-refractivity contribution < 1.29 is 4.79 Å². The predicted molar refractivity (Wildman–Crippen MR) is 89.8 cm³/mol. The van der Waals surface area contributed by atoms with Gasteiger partial charge in [0.15, 0.2) is 5.82 Å². The van der Waals surface area contributed by atoms with Crippen LogP contribution in [-0.2, 0) is 4.79 Å². The maximum Gasteiger partial charge on any atom is 0.230 e. The molecule has 2 rings (SSSR count). The molecule has 0 radical (unpaired) electrons. The molecular weight excluding hydrogens is 276 g/mol. The zero-order chi connectivity index (χ0) is 16.0. The summed E-state index contributed by atoms with van der Waals surface area (Å²) in [5, 5.41) is 14.2. The minimum Gasteiger partial charge on any atom is -0.368 e. The van der Waals surface area contributed by atoms with Crippen molar-refractivity contribution in [1.29, 1.82) is 0 Å². The van der Waals surface area contributed by atoms with E-state index in [1.165, 1.54) is 25.7 Å². The lowest BCUT2D eigenvalue weighted by atomic mass is 9.96. The first-order valence-corrected chi connectivity index (χ1v) is 8.02. The largest absolute Gasteiger partial charge is 0.368 e. The summed E-state index contributed by atoms with van der Waals surface area (Å²) in [5.41, 5.74) is 1.10. The Labute approximate surface area is 132 Å². The molecule has 2 N–H and O–H groups in total. The molecular formula is C17H26N4O. The highest BCUT2D eigenvalue weighted by molar-refractivity contribution is 5.93. The van der Waals surface area contributed by atoms with Gasteiger partial charge in [-0.2, -0.15) is 0 Å². The van der Waals surface area contributed by atoms with Crippen LogP contribution in [0.25, 0.3) is 0 Å². The Bertz CT molecular complexity index is 529. The van der Waals surface area contributed by atoms with Gasteiger partial charge in [0.1, 0.15) is 5.82 Å². The Hall–Kier alpha value is -1.91. The second-order valence-corrected chi connectivity index (χ2v) is 6.79. The summed E-state index contributed by atoms with van der Waals surface area (Å²) >= 11 is 0. The van der Waals surface area contributed by atoms with E-state index in [0.717, 1.165) is 18.8 Å². The second kappa shape index (κ2) is 7.38. The molecule has 0 fully saturated rings. The minimum atomic E-state index is -0.438. The Kier molecular flexibility index (Phi) is 5.52. The van der Waals surface area contributed by atoms with Gasteiger partial charge in [-0.1, -0.05) is 32.4 Å². The van der Waals surface area contributed by atoms with Gasteiger partial charge < -0.3 is 10.6 Å². The van der Waals surface area contributed by atoms with E-state index in [1.54, 1.807) is 11.6 Å². The standard InChI is InChI=1S/C17H26N4O/c1-17(2,3)16(22)19-15-10-9-14(20-21-15)18-12-11-13-7-5-4-6-8-13/h7,9-10H,4-6,8,11-12H2,1-3H3,(H,18,20)(H,19,21,22). The normalized spacial score (nSPS) is 15.1. The number of aromatic nitrogens is 2. The number of allylic oxidation sites excluding steroid dienone is 1. The van der Waals surface area contributed by atoms with Crippen LogP contribution >= 0.6 is 0 Å². The van der Waals surface area contributed by atoms with E-state index >= 15 is 0 Å². The third-order valence-electron chi connectivity index (χ3n) is 3.72. The highest BCUT2D eigenvalue weighted by Gasteiger charge is 2.21. The van der Waals surface area contributed by atoms with Crippen molar-refractivity contribution in [2.45, 2.75) is 52.9 Å². The lowest BCUT2D eigenvalue weighted by Gasteiger charge is -2.17. The number of rotatable bonds is 5. The summed E-state index contributed by atoms with van der Waals surface area (Å²) in [5.74, 6) is 1.16. The van der Waals surface area contributed by atoms with Crippen LogP contribution in [0.1, 0.15) is 52.9 Å². The van der Waals surface area contributed by atoms with Crippen molar-refractivity contribution in [2.24, 2.45) is 5.41 Å². The van der Waals surface area contributed by atoms with Gasteiger partial charge in [0.25, 0.3) is 0 Å². The van der Waals surface area contributed by atoms with Crippen LogP contribution in [0.5, 0.6) is 0 Å². The van der Waals surface area contributed by atoms with E-state index < -0.39 is 5.41 Å². The summed E-state index contributed by atoms with van der Waals surface area (Å²) in [7, 11) is 0. The molecule has 120 valence electrons. The highest BCUT2D eigenvalue weighted by atomic mass is 16.2. The molecule has 1 aliphatic carbocycles. The summed E-state index contributed by atoms with van der Waals surface area (Å²) in [6.45, 7) is 6.47. The van der Waals surface area contributed by atoms with Gasteiger partial charge in [0.05, 0.1) is 0 Å². The molecule has 1 aromatic heterocycles. The highest BCUT2D eigenvalue weighted by Crippen LogP contribution is 2.20. The van der Waals surface area contributed by atoms with Gasteiger partial charge in [-0.25, -0.2) is 0 Å². The first-order valence-electron chi connectivity index (χ1n) is 8.02. The van der Waals surface area contributed by atoms with E-state index in [-0.39, 0.29) is 5.91 Å². The predicted octanol–water partition coefficient (Wildman–Crippen LogP) is 3.76. The van der Waals surface area contributed by atoms with Crippen molar-refractivity contribution in [1.82, 2.24) is 10.2 Å². The van der Waals surface area contributed by atoms with Crippen LogP contribution in [0.15, 0.2) is 23.8 Å². The molecule has 5 heteroatoms. The number of nitrogens with one attached hydrogen (secondary N) is 2. The summed E-state index contributed by atoms with van der Waals surface area (Å²) in [4.78, 5) is 11.9. The summed E-state index contributed by atoms with van der Waals surface area (Å²) in [6, 6.07) is 3.62. The zero-order valence-corrected chi connectivity index (χ0v) is 13.8. The van der Waals surface area contributed by atoms with E-state index in [1.807, 2.05) is 26.8 Å². The minimum absolute atomic E-state index is 0.0632. The maximum absolute atomic E-state index is 11.9. The van der Waals surface area contributed by atoms with Crippen LogP contribution in [0, 0.1) is 5.41 Å². The van der Waals surface area contributed by atoms with Gasteiger partial charge in [-0.3, -0.25) is 4.79 Å². The summed E-state index contributed by atoms with van der Waals surface area (Å²) in [6.07, 6.45) is 8.51. The Morgan fingerprint density at radius 2 is 1.91 bits per heavy atom. The van der Waals surface area contributed by atoms with Gasteiger partial charge >= 0.3 is 0 Å². The zero-order valence-electron chi connectivity index (χ0n) is 13.8. The molecule has 0 aromatic carbocycles. The van der Waals surface area contributed by atoms with Gasteiger partial charge in [-0.15, -0.1) is 10.2 Å². The lowest BCUT2D eigenvalue weighted by molar-refractivity contribution is -0.123. The van der Waals surface area contributed by atoms with Crippen molar-refractivity contribution in [2.75, 3.05) is 17.2 Å². The van der Waals surface area contributed by atoms with Crippen LogP contribution < -0.4 is 10.6 Å². The second-order valence-electron chi connectivity index (χ2n) is 6.79. The fourth-order valence-electron chi connectivity index (χ4n) is 2.28. The lowest BCUT2D eigenvalue weighted by Crippen LogP contribution is -2.28. The first-order chi connectivity index (χ1) is 10.4. The topological polar surface area (TPSA) is 66.9 Å². The van der Waals surface area contributed by atoms with Crippen LogP contribution in [0.2, 0.25) is 0 Å². The quantitative estimate of drug-likeness (QED) is 0.813. The van der Waals surface area contributed by atoms with Crippen molar-refractivity contribution in [3.8, 4) is 0 Å². The van der Waals surface area contributed by atoms with Crippen LogP contribution in [-0.4, -0.2) is 22.6 Å². The molecule has 1 heterocycles. The van der Waals surface area contributed by atoms with Gasteiger partial charge in [0.2, 0.25) is 5.91 Å². The van der Waals surface area contributed by atoms with E-state index in [9.17, 15) is 4.79 Å².